The molecule has 4 N–H and O–H groups in total. The van der Waals surface area contributed by atoms with Gasteiger partial charge < -0.3 is 25.7 Å². The largest absolute Gasteiger partial charge is 0.469 e. The smallest absolute Gasteiger partial charge is 0.319 e. The second-order valence-electron chi connectivity index (χ2n) is 12.9. The van der Waals surface area contributed by atoms with Crippen LogP contribution in [-0.4, -0.2) is 50.3 Å². The number of carbonyl (C=O) groups excluding carboxylic acids is 3. The molecule has 8 heteroatoms. The SMILES string of the molecule is COC(=O)CC[C@@H](C)[C@H]1CC[C@H]2[C@@H]3[C@H](OC(=O)CN)C[C@@H]4C[C@H](OC(=O)CN)CC[C@]4(C)[C@H]3CC[C@]12C. The fourth-order valence-corrected chi connectivity index (χ4v) is 9.46. The Kier molecular flexibility index (Phi) is 8.59. The van der Waals surface area contributed by atoms with Crippen molar-refractivity contribution >= 4 is 17.9 Å². The molecule has 0 aromatic heterocycles. The molecule has 37 heavy (non-hydrogen) atoms. The first-order chi connectivity index (χ1) is 17.6. The fraction of sp³-hybridized carbons (Fsp3) is 0.897. The summed E-state index contributed by atoms with van der Waals surface area (Å²) < 4.78 is 16.7. The molecule has 4 fully saturated rings. The number of carbonyl (C=O) groups is 3. The van der Waals surface area contributed by atoms with Crippen molar-refractivity contribution in [1.29, 1.82) is 0 Å². The third-order valence-electron chi connectivity index (χ3n) is 11.3. The van der Waals surface area contributed by atoms with E-state index in [4.69, 9.17) is 25.7 Å². The third kappa shape index (κ3) is 5.29. The van der Waals surface area contributed by atoms with Crippen LogP contribution >= 0.6 is 0 Å². The van der Waals surface area contributed by atoms with E-state index in [1.165, 1.54) is 7.11 Å². The van der Waals surface area contributed by atoms with Gasteiger partial charge in [0.2, 0.25) is 0 Å². The molecular formula is C29H48N2O6. The lowest BCUT2D eigenvalue weighted by Gasteiger charge is -2.62. The first-order valence-electron chi connectivity index (χ1n) is 14.4. The van der Waals surface area contributed by atoms with Crippen LogP contribution in [0.5, 0.6) is 0 Å². The number of nitrogens with two attached hydrogens (primary N) is 2. The number of hydrogen-bond acceptors (Lipinski definition) is 8. The number of hydrogen-bond donors (Lipinski definition) is 2. The lowest BCUT2D eigenvalue weighted by Crippen LogP contribution is -2.59. The van der Waals surface area contributed by atoms with Crippen LogP contribution in [0.2, 0.25) is 0 Å². The third-order valence-corrected chi connectivity index (χ3v) is 11.3. The maximum Gasteiger partial charge on any atom is 0.319 e. The van der Waals surface area contributed by atoms with Crippen LogP contribution in [-0.2, 0) is 28.6 Å². The molecule has 4 rings (SSSR count). The van der Waals surface area contributed by atoms with Crippen molar-refractivity contribution in [2.24, 2.45) is 57.8 Å². The molecule has 4 aliphatic rings. The summed E-state index contributed by atoms with van der Waals surface area (Å²) in [6.07, 6.45) is 9.11. The minimum absolute atomic E-state index is 0.0979. The monoisotopic (exact) mass is 520 g/mol. The van der Waals surface area contributed by atoms with Gasteiger partial charge in [-0.1, -0.05) is 20.8 Å². The van der Waals surface area contributed by atoms with Crippen LogP contribution in [0, 0.1) is 46.3 Å². The van der Waals surface area contributed by atoms with Crippen molar-refractivity contribution in [2.75, 3.05) is 20.2 Å². The van der Waals surface area contributed by atoms with Gasteiger partial charge in [-0.3, -0.25) is 14.4 Å². The highest BCUT2D eigenvalue weighted by Gasteiger charge is 2.64. The van der Waals surface area contributed by atoms with Gasteiger partial charge in [0.05, 0.1) is 20.2 Å². The molecular weight excluding hydrogens is 472 g/mol. The molecule has 0 amide bonds. The van der Waals surface area contributed by atoms with E-state index in [0.29, 0.717) is 41.9 Å². The van der Waals surface area contributed by atoms with E-state index >= 15 is 0 Å². The molecule has 0 heterocycles. The second-order valence-corrected chi connectivity index (χ2v) is 12.9. The summed E-state index contributed by atoms with van der Waals surface area (Å²) in [4.78, 5) is 36.2. The Morgan fingerprint density at radius 2 is 1.51 bits per heavy atom. The predicted octanol–water partition coefficient (Wildman–Crippen LogP) is 3.59. The summed E-state index contributed by atoms with van der Waals surface area (Å²) in [6, 6.07) is 0. The molecule has 0 spiro atoms. The average Bonchev–Trinajstić information content (AvgIpc) is 3.24. The van der Waals surface area contributed by atoms with E-state index in [0.717, 1.165) is 57.8 Å². The van der Waals surface area contributed by atoms with Gasteiger partial charge in [0.15, 0.2) is 0 Å². The molecule has 0 radical (unpaired) electrons. The zero-order valence-electron chi connectivity index (χ0n) is 23.2. The Hall–Kier alpha value is -1.67. The Labute approximate surface area is 221 Å². The number of rotatable bonds is 8. The Morgan fingerprint density at radius 1 is 0.865 bits per heavy atom. The normalized spacial score (nSPS) is 41.5. The minimum atomic E-state index is -0.347. The van der Waals surface area contributed by atoms with Crippen LogP contribution in [0.1, 0.15) is 85.0 Å². The lowest BCUT2D eigenvalue weighted by molar-refractivity contribution is -0.197. The molecule has 8 nitrogen and oxygen atoms in total. The number of methoxy groups -OCH3 is 1. The molecule has 4 aliphatic carbocycles. The summed E-state index contributed by atoms with van der Waals surface area (Å²) in [5, 5.41) is 0. The summed E-state index contributed by atoms with van der Waals surface area (Å²) >= 11 is 0. The first-order valence-corrected chi connectivity index (χ1v) is 14.4. The van der Waals surface area contributed by atoms with Gasteiger partial charge in [-0.05, 0) is 98.2 Å². The molecule has 0 unspecified atom stereocenters. The van der Waals surface area contributed by atoms with E-state index in [-0.39, 0.29) is 54.0 Å². The van der Waals surface area contributed by atoms with Gasteiger partial charge in [-0.2, -0.15) is 0 Å². The van der Waals surface area contributed by atoms with Crippen molar-refractivity contribution in [1.82, 2.24) is 0 Å². The van der Waals surface area contributed by atoms with Gasteiger partial charge in [-0.25, -0.2) is 0 Å². The summed E-state index contributed by atoms with van der Waals surface area (Å²) in [5.74, 6) is 1.77. The maximum absolute atomic E-state index is 12.5. The van der Waals surface area contributed by atoms with Gasteiger partial charge in [0, 0.05) is 12.3 Å². The van der Waals surface area contributed by atoms with Gasteiger partial charge in [0.25, 0.3) is 0 Å². The molecule has 0 aliphatic heterocycles. The van der Waals surface area contributed by atoms with Crippen LogP contribution < -0.4 is 11.5 Å². The van der Waals surface area contributed by atoms with Gasteiger partial charge in [0.1, 0.15) is 12.2 Å². The van der Waals surface area contributed by atoms with Crippen LogP contribution in [0.4, 0.5) is 0 Å². The average molecular weight is 521 g/mol. The van der Waals surface area contributed by atoms with E-state index in [2.05, 4.69) is 20.8 Å². The number of fused-ring (bicyclic) bond motifs is 5. The van der Waals surface area contributed by atoms with E-state index in [9.17, 15) is 14.4 Å². The molecule has 4 saturated carbocycles. The number of esters is 3. The van der Waals surface area contributed by atoms with Crippen LogP contribution in [0.25, 0.3) is 0 Å². The zero-order valence-corrected chi connectivity index (χ0v) is 23.2. The van der Waals surface area contributed by atoms with Gasteiger partial charge in [-0.15, -0.1) is 0 Å². The van der Waals surface area contributed by atoms with Crippen molar-refractivity contribution in [2.45, 2.75) is 97.2 Å². The lowest BCUT2D eigenvalue weighted by atomic mass is 9.43. The van der Waals surface area contributed by atoms with Crippen LogP contribution in [0.3, 0.4) is 0 Å². The topological polar surface area (TPSA) is 131 Å². The highest BCUT2D eigenvalue weighted by Crippen LogP contribution is 2.68. The fourth-order valence-electron chi connectivity index (χ4n) is 9.46. The van der Waals surface area contributed by atoms with Gasteiger partial charge >= 0.3 is 17.9 Å². The highest BCUT2D eigenvalue weighted by atomic mass is 16.5. The van der Waals surface area contributed by atoms with Crippen molar-refractivity contribution < 1.29 is 28.6 Å². The molecule has 0 aromatic carbocycles. The maximum atomic E-state index is 12.5. The van der Waals surface area contributed by atoms with E-state index in [1.807, 2.05) is 0 Å². The van der Waals surface area contributed by atoms with Crippen LogP contribution in [0.15, 0.2) is 0 Å². The Bertz CT molecular complexity index is 865. The second kappa shape index (κ2) is 11.2. The minimum Gasteiger partial charge on any atom is -0.469 e. The molecule has 0 bridgehead atoms. The zero-order chi connectivity index (χ0) is 27.0. The highest BCUT2D eigenvalue weighted by molar-refractivity contribution is 5.72. The molecule has 0 saturated heterocycles. The molecule has 210 valence electrons. The molecule has 10 atom stereocenters. The van der Waals surface area contributed by atoms with E-state index < -0.39 is 0 Å². The Balaban J connectivity index is 1.57. The summed E-state index contributed by atoms with van der Waals surface area (Å²) in [6.45, 7) is 6.98. The predicted molar refractivity (Wildman–Crippen MR) is 139 cm³/mol. The summed E-state index contributed by atoms with van der Waals surface area (Å²) in [7, 11) is 1.45. The quantitative estimate of drug-likeness (QED) is 0.367. The number of ether oxygens (including phenoxy) is 3. The molecule has 0 aromatic rings. The van der Waals surface area contributed by atoms with Crippen molar-refractivity contribution in [3.63, 3.8) is 0 Å². The van der Waals surface area contributed by atoms with E-state index in [1.54, 1.807) is 0 Å². The Morgan fingerprint density at radius 3 is 2.19 bits per heavy atom. The summed E-state index contributed by atoms with van der Waals surface area (Å²) in [5.41, 5.74) is 11.5. The van der Waals surface area contributed by atoms with Crippen molar-refractivity contribution in [3.05, 3.63) is 0 Å². The standard InChI is InChI=1S/C29H48N2O6/c1-17(5-8-24(32)35-4)20-6-7-21-27-22(10-12-29(20,21)3)28(2)11-9-19(36-25(33)15-30)13-18(28)14-23(27)37-26(34)16-31/h17-23,27H,5-16,30-31H2,1-4H3/t17-,18+,19-,20-,21+,22+,23-,27+,28+,29-/m1/s1. The first kappa shape index (κ1) is 28.3. The van der Waals surface area contributed by atoms with Crippen molar-refractivity contribution in [3.8, 4) is 0 Å².